The number of carbonyl (C=O) groups excluding carboxylic acids is 1. The van der Waals surface area contributed by atoms with Gasteiger partial charge in [-0.3, -0.25) is 0 Å². The number of aromatic nitrogens is 1. The highest BCUT2D eigenvalue weighted by Crippen LogP contribution is 2.36. The van der Waals surface area contributed by atoms with Crippen LogP contribution in [0, 0.1) is 6.92 Å². The number of fused-ring (bicyclic) bond motifs is 1. The monoisotopic (exact) mass is 306 g/mol. The first-order chi connectivity index (χ1) is 10.2. The molecule has 2 aromatic rings. The first-order valence-corrected chi connectivity index (χ1v) is 7.26. The first kappa shape index (κ1) is 13.7. The largest absolute Gasteiger partial charge is 0.462 e. The van der Waals surface area contributed by atoms with Crippen molar-refractivity contribution in [2.75, 3.05) is 18.7 Å². The lowest BCUT2D eigenvalue weighted by atomic mass is 10.2. The number of ether oxygens (including phenoxy) is 3. The van der Waals surface area contributed by atoms with Crippen LogP contribution < -0.4 is 14.8 Å². The zero-order valence-electron chi connectivity index (χ0n) is 11.6. The van der Waals surface area contributed by atoms with Gasteiger partial charge in [0.1, 0.15) is 10.6 Å². The fourth-order valence-corrected chi connectivity index (χ4v) is 2.81. The van der Waals surface area contributed by atoms with Gasteiger partial charge >= 0.3 is 5.97 Å². The summed E-state index contributed by atoms with van der Waals surface area (Å²) in [6.45, 7) is 4.12. The number of anilines is 2. The smallest absolute Gasteiger partial charge is 0.343 e. The van der Waals surface area contributed by atoms with Gasteiger partial charge < -0.3 is 19.5 Å². The summed E-state index contributed by atoms with van der Waals surface area (Å²) < 4.78 is 19.9. The lowest BCUT2D eigenvalue weighted by molar-refractivity contribution is 0.0527. The number of nitrogens with zero attached hydrogens (tertiary/aromatic N) is 1. The van der Waals surface area contributed by atoms with E-state index in [-0.39, 0.29) is 12.8 Å². The van der Waals surface area contributed by atoms with Crippen molar-refractivity contribution in [1.29, 1.82) is 0 Å². The molecule has 7 heteroatoms. The fourth-order valence-electron chi connectivity index (χ4n) is 2.00. The maximum Gasteiger partial charge on any atom is 0.343 e. The number of esters is 1. The van der Waals surface area contributed by atoms with Gasteiger partial charge in [-0.25, -0.2) is 4.79 Å². The Morgan fingerprint density at radius 1 is 1.43 bits per heavy atom. The van der Waals surface area contributed by atoms with E-state index in [4.69, 9.17) is 14.2 Å². The Balaban J connectivity index is 1.87. The molecular formula is C14H14N2O4S. The minimum absolute atomic E-state index is 0.229. The maximum atomic E-state index is 12.0. The lowest BCUT2D eigenvalue weighted by Crippen LogP contribution is -2.07. The summed E-state index contributed by atoms with van der Waals surface area (Å²) in [6.07, 6.45) is 0. The highest BCUT2D eigenvalue weighted by Gasteiger charge is 2.20. The third-order valence-corrected chi connectivity index (χ3v) is 3.83. The molecule has 0 atom stereocenters. The molecule has 0 bridgehead atoms. The van der Waals surface area contributed by atoms with Gasteiger partial charge in [0, 0.05) is 11.8 Å². The molecule has 0 fully saturated rings. The summed E-state index contributed by atoms with van der Waals surface area (Å²) in [6, 6.07) is 5.51. The Morgan fingerprint density at radius 3 is 3.05 bits per heavy atom. The summed E-state index contributed by atoms with van der Waals surface area (Å²) in [4.78, 5) is 12.0. The maximum absolute atomic E-state index is 12.0. The van der Waals surface area contributed by atoms with Crippen molar-refractivity contribution in [3.63, 3.8) is 0 Å². The Labute approximate surface area is 125 Å². The summed E-state index contributed by atoms with van der Waals surface area (Å²) in [5.74, 6) is 1.03. The van der Waals surface area contributed by atoms with Crippen molar-refractivity contribution >= 4 is 28.2 Å². The van der Waals surface area contributed by atoms with Gasteiger partial charge in [-0.2, -0.15) is 4.37 Å². The molecule has 0 spiro atoms. The van der Waals surface area contributed by atoms with E-state index in [2.05, 4.69) is 9.69 Å². The summed E-state index contributed by atoms with van der Waals surface area (Å²) >= 11 is 1.22. The van der Waals surface area contributed by atoms with Crippen molar-refractivity contribution in [2.45, 2.75) is 13.8 Å². The van der Waals surface area contributed by atoms with Crippen molar-refractivity contribution in [1.82, 2.24) is 4.37 Å². The first-order valence-electron chi connectivity index (χ1n) is 6.49. The second-order valence-corrected chi connectivity index (χ2v) is 5.16. The van der Waals surface area contributed by atoms with E-state index in [1.165, 1.54) is 11.5 Å². The quantitative estimate of drug-likeness (QED) is 0.875. The van der Waals surface area contributed by atoms with Crippen LogP contribution in [0.25, 0.3) is 0 Å². The van der Waals surface area contributed by atoms with E-state index in [1.54, 1.807) is 13.8 Å². The molecule has 1 aliphatic rings. The third-order valence-electron chi connectivity index (χ3n) is 2.97. The molecule has 1 aromatic heterocycles. The molecular weight excluding hydrogens is 292 g/mol. The van der Waals surface area contributed by atoms with Crippen LogP contribution >= 0.6 is 11.5 Å². The van der Waals surface area contributed by atoms with E-state index in [9.17, 15) is 4.79 Å². The second kappa shape index (κ2) is 5.61. The Bertz CT molecular complexity index is 684. The number of nitrogens with one attached hydrogen (secondary N) is 1. The molecule has 1 aromatic carbocycles. The molecule has 2 heterocycles. The van der Waals surface area contributed by atoms with Crippen molar-refractivity contribution in [3.05, 3.63) is 29.5 Å². The van der Waals surface area contributed by atoms with Crippen LogP contribution in [0.2, 0.25) is 0 Å². The fraction of sp³-hybridized carbons (Fsp3) is 0.286. The molecule has 0 amide bonds. The SMILES string of the molecule is CCOC(=O)c1c(C)nsc1Nc1ccc2c(c1)OCO2. The normalized spacial score (nSPS) is 12.3. The van der Waals surface area contributed by atoms with Gasteiger partial charge in [-0.1, -0.05) is 0 Å². The molecule has 3 rings (SSSR count). The average Bonchev–Trinajstić information content (AvgIpc) is 3.05. The number of benzene rings is 1. The standard InChI is InChI=1S/C14H14N2O4S/c1-3-18-14(17)12-8(2)16-21-13(12)15-9-4-5-10-11(6-9)20-7-19-10/h4-6,15H,3,7H2,1-2H3. The highest BCUT2D eigenvalue weighted by atomic mass is 32.1. The molecule has 0 radical (unpaired) electrons. The van der Waals surface area contributed by atoms with Crippen LogP contribution in [0.4, 0.5) is 10.7 Å². The molecule has 0 saturated heterocycles. The molecule has 0 saturated carbocycles. The number of hydrogen-bond acceptors (Lipinski definition) is 7. The van der Waals surface area contributed by atoms with Crippen molar-refractivity contribution in [2.24, 2.45) is 0 Å². The Hall–Kier alpha value is -2.28. The van der Waals surface area contributed by atoms with E-state index >= 15 is 0 Å². The topological polar surface area (TPSA) is 69.7 Å². The van der Waals surface area contributed by atoms with Gasteiger partial charge in [0.25, 0.3) is 0 Å². The van der Waals surface area contributed by atoms with Crippen LogP contribution in [-0.2, 0) is 4.74 Å². The van der Waals surface area contributed by atoms with Gasteiger partial charge in [-0.05, 0) is 37.5 Å². The number of aryl methyl sites for hydroxylation is 1. The van der Waals surface area contributed by atoms with Gasteiger partial charge in [-0.15, -0.1) is 0 Å². The number of rotatable bonds is 4. The summed E-state index contributed by atoms with van der Waals surface area (Å²) in [5, 5.41) is 3.84. The van der Waals surface area contributed by atoms with Gasteiger partial charge in [0.15, 0.2) is 11.5 Å². The van der Waals surface area contributed by atoms with Crippen LogP contribution in [0.5, 0.6) is 11.5 Å². The molecule has 0 aliphatic carbocycles. The number of carbonyl (C=O) groups is 1. The molecule has 1 N–H and O–H groups in total. The highest BCUT2D eigenvalue weighted by molar-refractivity contribution is 7.10. The minimum atomic E-state index is -0.369. The minimum Gasteiger partial charge on any atom is -0.462 e. The predicted octanol–water partition coefficient (Wildman–Crippen LogP) is 3.10. The predicted molar refractivity (Wildman–Crippen MR) is 78.7 cm³/mol. The van der Waals surface area contributed by atoms with Crippen LogP contribution in [0.15, 0.2) is 18.2 Å². The third kappa shape index (κ3) is 2.64. The van der Waals surface area contributed by atoms with E-state index < -0.39 is 0 Å². The number of hydrogen-bond donors (Lipinski definition) is 1. The van der Waals surface area contributed by atoms with Crippen molar-refractivity contribution in [3.8, 4) is 11.5 Å². The second-order valence-electron chi connectivity index (χ2n) is 4.39. The molecule has 1 aliphatic heterocycles. The lowest BCUT2D eigenvalue weighted by Gasteiger charge is -2.07. The van der Waals surface area contributed by atoms with Gasteiger partial charge in [0.2, 0.25) is 6.79 Å². The molecule has 21 heavy (non-hydrogen) atoms. The molecule has 6 nitrogen and oxygen atoms in total. The van der Waals surface area contributed by atoms with Crippen LogP contribution in [0.1, 0.15) is 23.0 Å². The van der Waals surface area contributed by atoms with E-state index in [1.807, 2.05) is 18.2 Å². The van der Waals surface area contributed by atoms with Crippen LogP contribution in [0.3, 0.4) is 0 Å². The Kier molecular flexibility index (Phi) is 3.66. The average molecular weight is 306 g/mol. The molecule has 0 unspecified atom stereocenters. The van der Waals surface area contributed by atoms with E-state index in [0.29, 0.717) is 34.4 Å². The summed E-state index contributed by atoms with van der Waals surface area (Å²) in [7, 11) is 0. The summed E-state index contributed by atoms with van der Waals surface area (Å²) in [5.41, 5.74) is 1.93. The van der Waals surface area contributed by atoms with Crippen molar-refractivity contribution < 1.29 is 19.0 Å². The Morgan fingerprint density at radius 2 is 2.24 bits per heavy atom. The zero-order chi connectivity index (χ0) is 14.8. The van der Waals surface area contributed by atoms with Crippen LogP contribution in [-0.4, -0.2) is 23.7 Å². The molecule has 110 valence electrons. The zero-order valence-corrected chi connectivity index (χ0v) is 12.5. The van der Waals surface area contributed by atoms with E-state index in [0.717, 1.165) is 5.69 Å². The van der Waals surface area contributed by atoms with Gasteiger partial charge in [0.05, 0.1) is 12.3 Å².